The summed E-state index contributed by atoms with van der Waals surface area (Å²) in [7, 11) is 1.61. The first-order chi connectivity index (χ1) is 12.6. The smallest absolute Gasteiger partial charge is 0.272 e. The molecular formula is C20H21N3O3. The number of amides is 1. The number of benzene rings is 2. The minimum absolute atomic E-state index is 0.105. The number of fused-ring (bicyclic) bond motifs is 1. The molecule has 0 spiro atoms. The van der Waals surface area contributed by atoms with E-state index in [0.29, 0.717) is 18.8 Å². The number of nitrogens with zero attached hydrogens (tertiary/aromatic N) is 2. The Morgan fingerprint density at radius 1 is 1.15 bits per heavy atom. The first-order valence-corrected chi connectivity index (χ1v) is 8.44. The fourth-order valence-electron chi connectivity index (χ4n) is 2.79. The first-order valence-electron chi connectivity index (χ1n) is 8.44. The third-order valence-corrected chi connectivity index (χ3v) is 4.23. The average molecular weight is 351 g/mol. The van der Waals surface area contributed by atoms with Gasteiger partial charge in [0.2, 0.25) is 5.91 Å². The number of hydrogen-bond donors (Lipinski definition) is 1. The van der Waals surface area contributed by atoms with Crippen LogP contribution in [0.4, 0.5) is 0 Å². The summed E-state index contributed by atoms with van der Waals surface area (Å²) in [6.45, 7) is 2.44. The highest BCUT2D eigenvalue weighted by Gasteiger charge is 2.09. The van der Waals surface area contributed by atoms with E-state index in [1.807, 2.05) is 48.5 Å². The standard InChI is InChI=1S/C20H21N3O3/c1-14-20(25)23(18-6-4-3-5-17(18)22-14)12-11-19(24)21-13-15-7-9-16(26-2)10-8-15/h3-10H,11-13H2,1-2H3,(H,21,24). The van der Waals surface area contributed by atoms with Crippen LogP contribution < -0.4 is 15.6 Å². The van der Waals surface area contributed by atoms with Crippen LogP contribution in [0.1, 0.15) is 17.7 Å². The lowest BCUT2D eigenvalue weighted by Gasteiger charge is -2.11. The molecule has 2 aromatic carbocycles. The molecule has 0 saturated carbocycles. The Morgan fingerprint density at radius 2 is 1.88 bits per heavy atom. The van der Waals surface area contributed by atoms with Crippen molar-refractivity contribution >= 4 is 16.9 Å². The van der Waals surface area contributed by atoms with Crippen LogP contribution >= 0.6 is 0 Å². The molecular weight excluding hydrogens is 330 g/mol. The normalized spacial score (nSPS) is 10.7. The van der Waals surface area contributed by atoms with E-state index < -0.39 is 0 Å². The largest absolute Gasteiger partial charge is 0.497 e. The second kappa shape index (κ2) is 7.82. The first kappa shape index (κ1) is 17.7. The van der Waals surface area contributed by atoms with E-state index in [1.54, 1.807) is 18.6 Å². The Labute approximate surface area is 151 Å². The van der Waals surface area contributed by atoms with Gasteiger partial charge in [0.1, 0.15) is 11.4 Å². The summed E-state index contributed by atoms with van der Waals surface area (Å²) in [5.74, 6) is 0.672. The van der Waals surface area contributed by atoms with E-state index in [2.05, 4.69) is 10.3 Å². The van der Waals surface area contributed by atoms with E-state index in [-0.39, 0.29) is 17.9 Å². The van der Waals surface area contributed by atoms with Crippen LogP contribution in [0.2, 0.25) is 0 Å². The molecule has 0 unspecified atom stereocenters. The molecule has 0 aliphatic carbocycles. The van der Waals surface area contributed by atoms with Gasteiger partial charge in [-0.1, -0.05) is 24.3 Å². The van der Waals surface area contributed by atoms with Crippen molar-refractivity contribution in [1.29, 1.82) is 0 Å². The molecule has 3 rings (SSSR count). The lowest BCUT2D eigenvalue weighted by Crippen LogP contribution is -2.28. The summed E-state index contributed by atoms with van der Waals surface area (Å²) in [6, 6.07) is 15.0. The van der Waals surface area contributed by atoms with E-state index in [4.69, 9.17) is 4.74 Å². The number of nitrogens with one attached hydrogen (secondary N) is 1. The van der Waals surface area contributed by atoms with Gasteiger partial charge in [-0.05, 0) is 36.8 Å². The number of para-hydroxylation sites is 2. The van der Waals surface area contributed by atoms with Gasteiger partial charge < -0.3 is 14.6 Å². The number of hydrogen-bond acceptors (Lipinski definition) is 4. The van der Waals surface area contributed by atoms with Crippen molar-refractivity contribution in [2.24, 2.45) is 0 Å². The molecule has 6 heteroatoms. The fraction of sp³-hybridized carbons (Fsp3) is 0.250. The second-order valence-corrected chi connectivity index (χ2v) is 6.02. The van der Waals surface area contributed by atoms with E-state index in [1.165, 1.54) is 0 Å². The predicted octanol–water partition coefficient (Wildman–Crippen LogP) is 2.42. The number of carbonyl (C=O) groups is 1. The van der Waals surface area contributed by atoms with E-state index >= 15 is 0 Å². The van der Waals surface area contributed by atoms with Crippen LogP contribution in [0.3, 0.4) is 0 Å². The molecule has 134 valence electrons. The zero-order valence-corrected chi connectivity index (χ0v) is 14.9. The molecule has 1 aromatic heterocycles. The fourth-order valence-corrected chi connectivity index (χ4v) is 2.79. The molecule has 26 heavy (non-hydrogen) atoms. The molecule has 1 heterocycles. The molecule has 0 atom stereocenters. The van der Waals surface area contributed by atoms with Gasteiger partial charge in [0.05, 0.1) is 18.1 Å². The Morgan fingerprint density at radius 3 is 2.62 bits per heavy atom. The highest BCUT2D eigenvalue weighted by atomic mass is 16.5. The van der Waals surface area contributed by atoms with Crippen LogP contribution in [0, 0.1) is 6.92 Å². The lowest BCUT2D eigenvalue weighted by atomic mass is 10.2. The molecule has 0 bridgehead atoms. The molecule has 1 amide bonds. The molecule has 6 nitrogen and oxygen atoms in total. The van der Waals surface area contributed by atoms with Gasteiger partial charge in [0.15, 0.2) is 0 Å². The van der Waals surface area contributed by atoms with E-state index in [9.17, 15) is 9.59 Å². The van der Waals surface area contributed by atoms with Crippen molar-refractivity contribution in [2.45, 2.75) is 26.4 Å². The zero-order chi connectivity index (χ0) is 18.5. The maximum atomic E-state index is 12.4. The Bertz CT molecular complexity index is 978. The number of rotatable bonds is 6. The molecule has 0 radical (unpaired) electrons. The van der Waals surface area contributed by atoms with Gasteiger partial charge in [-0.15, -0.1) is 0 Å². The number of ether oxygens (including phenoxy) is 1. The Balaban J connectivity index is 1.65. The molecule has 0 saturated heterocycles. The van der Waals surface area contributed by atoms with Crippen molar-refractivity contribution in [2.75, 3.05) is 7.11 Å². The molecule has 3 aromatic rings. The average Bonchev–Trinajstić information content (AvgIpc) is 2.67. The van der Waals surface area contributed by atoms with Crippen molar-refractivity contribution in [3.63, 3.8) is 0 Å². The maximum absolute atomic E-state index is 12.4. The van der Waals surface area contributed by atoms with Crippen LogP contribution in [0.15, 0.2) is 53.3 Å². The second-order valence-electron chi connectivity index (χ2n) is 6.02. The summed E-state index contributed by atoms with van der Waals surface area (Å²) in [5.41, 5.74) is 2.75. The summed E-state index contributed by atoms with van der Waals surface area (Å²) in [4.78, 5) is 28.9. The summed E-state index contributed by atoms with van der Waals surface area (Å²) in [5, 5.41) is 2.88. The number of aryl methyl sites for hydroxylation is 2. The molecule has 0 fully saturated rings. The van der Waals surface area contributed by atoms with Crippen molar-refractivity contribution in [3.8, 4) is 5.75 Å². The number of carbonyl (C=O) groups excluding carboxylic acids is 1. The highest BCUT2D eigenvalue weighted by molar-refractivity contribution is 5.77. The van der Waals surface area contributed by atoms with Gasteiger partial charge in [0.25, 0.3) is 5.56 Å². The number of aromatic nitrogens is 2. The van der Waals surface area contributed by atoms with Crippen LogP contribution in [0.25, 0.3) is 11.0 Å². The Kier molecular flexibility index (Phi) is 5.31. The maximum Gasteiger partial charge on any atom is 0.272 e. The topological polar surface area (TPSA) is 73.2 Å². The van der Waals surface area contributed by atoms with Gasteiger partial charge >= 0.3 is 0 Å². The van der Waals surface area contributed by atoms with Gasteiger partial charge in [0, 0.05) is 19.5 Å². The minimum atomic E-state index is -0.161. The van der Waals surface area contributed by atoms with Gasteiger partial charge in [-0.3, -0.25) is 9.59 Å². The van der Waals surface area contributed by atoms with Gasteiger partial charge in [-0.2, -0.15) is 0 Å². The minimum Gasteiger partial charge on any atom is -0.497 e. The number of methoxy groups -OCH3 is 1. The zero-order valence-electron chi connectivity index (χ0n) is 14.9. The third kappa shape index (κ3) is 3.91. The van der Waals surface area contributed by atoms with Crippen molar-refractivity contribution in [3.05, 3.63) is 70.1 Å². The lowest BCUT2D eigenvalue weighted by molar-refractivity contribution is -0.121. The van der Waals surface area contributed by atoms with Crippen LogP contribution in [0.5, 0.6) is 5.75 Å². The summed E-state index contributed by atoms with van der Waals surface area (Å²) >= 11 is 0. The molecule has 1 N–H and O–H groups in total. The molecule has 0 aliphatic heterocycles. The van der Waals surface area contributed by atoms with Crippen LogP contribution in [-0.2, 0) is 17.9 Å². The van der Waals surface area contributed by atoms with E-state index in [0.717, 1.165) is 22.3 Å². The quantitative estimate of drug-likeness (QED) is 0.740. The van der Waals surface area contributed by atoms with Crippen molar-refractivity contribution < 1.29 is 9.53 Å². The predicted molar refractivity (Wildman–Crippen MR) is 100 cm³/mol. The molecule has 0 aliphatic rings. The summed E-state index contributed by atoms with van der Waals surface area (Å²) in [6.07, 6.45) is 0.226. The highest BCUT2D eigenvalue weighted by Crippen LogP contribution is 2.12. The van der Waals surface area contributed by atoms with Crippen molar-refractivity contribution in [1.82, 2.24) is 14.9 Å². The van der Waals surface area contributed by atoms with Gasteiger partial charge in [-0.25, -0.2) is 4.98 Å². The summed E-state index contributed by atoms with van der Waals surface area (Å²) < 4.78 is 6.73. The van der Waals surface area contributed by atoms with Crippen LogP contribution in [-0.4, -0.2) is 22.6 Å². The SMILES string of the molecule is COc1ccc(CNC(=O)CCn2c(=O)c(C)nc3ccccc32)cc1. The third-order valence-electron chi connectivity index (χ3n) is 4.23. The monoisotopic (exact) mass is 351 g/mol. The Hall–Kier alpha value is -3.15.